The SMILES string of the molecule is CC1CN=C(NCc2ccc3c(c2)C(=O)NCC3)N1. The normalized spacial score (nSPS) is 21.2. The van der Waals surface area contributed by atoms with Crippen molar-refractivity contribution >= 4 is 11.9 Å². The standard InChI is InChI=1S/C14H18N4O/c1-9-7-16-14(18-9)17-8-10-2-3-11-4-5-15-13(19)12(11)6-10/h2-3,6,9H,4-5,7-8H2,1H3,(H,15,19)(H2,16,17,18). The van der Waals surface area contributed by atoms with Gasteiger partial charge in [0.1, 0.15) is 0 Å². The molecule has 3 rings (SSSR count). The predicted molar refractivity (Wildman–Crippen MR) is 74.2 cm³/mol. The number of nitrogens with one attached hydrogen (secondary N) is 3. The molecule has 2 aliphatic heterocycles. The molecule has 1 aromatic rings. The second kappa shape index (κ2) is 4.91. The van der Waals surface area contributed by atoms with E-state index >= 15 is 0 Å². The van der Waals surface area contributed by atoms with Gasteiger partial charge in [-0.3, -0.25) is 9.79 Å². The van der Waals surface area contributed by atoms with Crippen LogP contribution in [-0.2, 0) is 13.0 Å². The first-order valence-electron chi connectivity index (χ1n) is 6.67. The van der Waals surface area contributed by atoms with Crippen molar-refractivity contribution in [3.8, 4) is 0 Å². The summed E-state index contributed by atoms with van der Waals surface area (Å²) in [5.74, 6) is 0.878. The second-order valence-electron chi connectivity index (χ2n) is 5.09. The van der Waals surface area contributed by atoms with E-state index in [1.165, 1.54) is 0 Å². The summed E-state index contributed by atoms with van der Waals surface area (Å²) >= 11 is 0. The molecule has 0 fully saturated rings. The zero-order chi connectivity index (χ0) is 13.2. The highest BCUT2D eigenvalue weighted by molar-refractivity contribution is 5.96. The summed E-state index contributed by atoms with van der Waals surface area (Å²) in [6, 6.07) is 6.49. The molecule has 0 aromatic heterocycles. The Morgan fingerprint density at radius 2 is 2.37 bits per heavy atom. The quantitative estimate of drug-likeness (QED) is 0.720. The van der Waals surface area contributed by atoms with Crippen LogP contribution in [0.3, 0.4) is 0 Å². The topological polar surface area (TPSA) is 65.5 Å². The molecule has 19 heavy (non-hydrogen) atoms. The van der Waals surface area contributed by atoms with E-state index in [4.69, 9.17) is 0 Å². The summed E-state index contributed by atoms with van der Waals surface area (Å²) < 4.78 is 0. The smallest absolute Gasteiger partial charge is 0.251 e. The number of hydrogen-bond acceptors (Lipinski definition) is 4. The Bertz CT molecular complexity index is 538. The Hall–Kier alpha value is -2.04. The van der Waals surface area contributed by atoms with Gasteiger partial charge in [0.25, 0.3) is 5.91 Å². The minimum Gasteiger partial charge on any atom is -0.352 e. The molecule has 5 heteroatoms. The lowest BCUT2D eigenvalue weighted by molar-refractivity contribution is 0.0946. The van der Waals surface area contributed by atoms with Gasteiger partial charge in [0, 0.05) is 24.7 Å². The molecule has 0 aliphatic carbocycles. The van der Waals surface area contributed by atoms with Crippen molar-refractivity contribution in [2.75, 3.05) is 13.1 Å². The van der Waals surface area contributed by atoms with Crippen molar-refractivity contribution in [1.82, 2.24) is 16.0 Å². The molecule has 100 valence electrons. The number of carbonyl (C=O) groups is 1. The maximum absolute atomic E-state index is 11.8. The molecule has 0 radical (unpaired) electrons. The molecular formula is C14H18N4O. The van der Waals surface area contributed by atoms with E-state index in [2.05, 4.69) is 40.0 Å². The average molecular weight is 258 g/mol. The first kappa shape index (κ1) is 12.0. The molecular weight excluding hydrogens is 240 g/mol. The predicted octanol–water partition coefficient (Wildman–Crippen LogP) is 0.410. The van der Waals surface area contributed by atoms with Gasteiger partial charge >= 0.3 is 0 Å². The van der Waals surface area contributed by atoms with Crippen LogP contribution in [0, 0.1) is 0 Å². The van der Waals surface area contributed by atoms with Crippen LogP contribution in [0.2, 0.25) is 0 Å². The highest BCUT2D eigenvalue weighted by Gasteiger charge is 2.17. The van der Waals surface area contributed by atoms with Gasteiger partial charge in [0.15, 0.2) is 5.96 Å². The molecule has 3 N–H and O–H groups in total. The van der Waals surface area contributed by atoms with Crippen LogP contribution in [0.5, 0.6) is 0 Å². The van der Waals surface area contributed by atoms with Crippen LogP contribution in [0.1, 0.15) is 28.4 Å². The molecule has 0 spiro atoms. The Balaban J connectivity index is 1.69. The van der Waals surface area contributed by atoms with E-state index in [0.29, 0.717) is 12.6 Å². The lowest BCUT2D eigenvalue weighted by Crippen LogP contribution is -2.37. The number of nitrogens with zero attached hydrogens (tertiary/aromatic N) is 1. The number of rotatable bonds is 2. The van der Waals surface area contributed by atoms with E-state index in [1.54, 1.807) is 0 Å². The van der Waals surface area contributed by atoms with Crippen molar-refractivity contribution in [2.24, 2.45) is 4.99 Å². The lowest BCUT2D eigenvalue weighted by atomic mass is 9.98. The third-order valence-corrected chi connectivity index (χ3v) is 3.47. The van der Waals surface area contributed by atoms with E-state index in [9.17, 15) is 4.79 Å². The number of fused-ring (bicyclic) bond motifs is 1. The summed E-state index contributed by atoms with van der Waals surface area (Å²) in [5, 5.41) is 9.38. The van der Waals surface area contributed by atoms with Gasteiger partial charge in [-0.1, -0.05) is 12.1 Å². The van der Waals surface area contributed by atoms with Crippen LogP contribution in [0.25, 0.3) is 0 Å². The molecule has 0 saturated carbocycles. The average Bonchev–Trinajstić information content (AvgIpc) is 2.83. The first-order chi connectivity index (χ1) is 9.22. The van der Waals surface area contributed by atoms with Crippen LogP contribution < -0.4 is 16.0 Å². The van der Waals surface area contributed by atoms with Gasteiger partial charge in [0.05, 0.1) is 6.54 Å². The molecule has 1 amide bonds. The molecule has 5 nitrogen and oxygen atoms in total. The third kappa shape index (κ3) is 2.54. The minimum atomic E-state index is 0.0352. The Kier molecular flexibility index (Phi) is 3.11. The van der Waals surface area contributed by atoms with Crippen molar-refractivity contribution in [3.05, 3.63) is 34.9 Å². The number of benzene rings is 1. The number of hydrogen-bond donors (Lipinski definition) is 3. The summed E-state index contributed by atoms with van der Waals surface area (Å²) in [5.41, 5.74) is 3.04. The molecule has 0 saturated heterocycles. The fourth-order valence-electron chi connectivity index (χ4n) is 2.41. The largest absolute Gasteiger partial charge is 0.352 e. The molecule has 1 aromatic carbocycles. The van der Waals surface area contributed by atoms with Gasteiger partial charge in [-0.05, 0) is 30.5 Å². The van der Waals surface area contributed by atoms with Gasteiger partial charge in [-0.15, -0.1) is 0 Å². The molecule has 2 heterocycles. The second-order valence-corrected chi connectivity index (χ2v) is 5.09. The van der Waals surface area contributed by atoms with Crippen molar-refractivity contribution in [1.29, 1.82) is 0 Å². The maximum atomic E-state index is 11.8. The van der Waals surface area contributed by atoms with Crippen molar-refractivity contribution in [3.63, 3.8) is 0 Å². The fourth-order valence-corrected chi connectivity index (χ4v) is 2.41. The van der Waals surface area contributed by atoms with Crippen LogP contribution in [0.15, 0.2) is 23.2 Å². The third-order valence-electron chi connectivity index (χ3n) is 3.47. The van der Waals surface area contributed by atoms with Gasteiger partial charge in [0.2, 0.25) is 0 Å². The summed E-state index contributed by atoms with van der Waals surface area (Å²) in [4.78, 5) is 16.1. The number of aliphatic imine (C=N–C) groups is 1. The molecule has 2 aliphatic rings. The highest BCUT2D eigenvalue weighted by atomic mass is 16.1. The lowest BCUT2D eigenvalue weighted by Gasteiger charge is -2.17. The Morgan fingerprint density at radius 3 is 3.16 bits per heavy atom. The summed E-state index contributed by atoms with van der Waals surface area (Å²) in [6.07, 6.45) is 0.917. The first-order valence-corrected chi connectivity index (χ1v) is 6.67. The fraction of sp³-hybridized carbons (Fsp3) is 0.429. The van der Waals surface area contributed by atoms with E-state index in [1.807, 2.05) is 6.07 Å². The van der Waals surface area contributed by atoms with E-state index in [-0.39, 0.29) is 5.91 Å². The molecule has 1 atom stereocenters. The Labute approximate surface area is 112 Å². The Morgan fingerprint density at radius 1 is 1.47 bits per heavy atom. The number of carbonyl (C=O) groups excluding carboxylic acids is 1. The number of guanidine groups is 1. The van der Waals surface area contributed by atoms with Gasteiger partial charge in [-0.25, -0.2) is 0 Å². The van der Waals surface area contributed by atoms with Crippen LogP contribution in [-0.4, -0.2) is 31.0 Å². The summed E-state index contributed by atoms with van der Waals surface area (Å²) in [6.45, 7) is 4.33. The van der Waals surface area contributed by atoms with Crippen LogP contribution in [0.4, 0.5) is 0 Å². The van der Waals surface area contributed by atoms with Gasteiger partial charge < -0.3 is 16.0 Å². The zero-order valence-corrected chi connectivity index (χ0v) is 11.0. The van der Waals surface area contributed by atoms with Crippen molar-refractivity contribution < 1.29 is 4.79 Å². The monoisotopic (exact) mass is 258 g/mol. The highest BCUT2D eigenvalue weighted by Crippen LogP contribution is 2.15. The van der Waals surface area contributed by atoms with Gasteiger partial charge in [-0.2, -0.15) is 0 Å². The minimum absolute atomic E-state index is 0.0352. The maximum Gasteiger partial charge on any atom is 0.251 e. The summed E-state index contributed by atoms with van der Waals surface area (Å²) in [7, 11) is 0. The van der Waals surface area contributed by atoms with E-state index < -0.39 is 0 Å². The molecule has 0 bridgehead atoms. The van der Waals surface area contributed by atoms with E-state index in [0.717, 1.165) is 42.2 Å². The molecule has 1 unspecified atom stereocenters. The van der Waals surface area contributed by atoms with Crippen LogP contribution >= 0.6 is 0 Å². The number of amides is 1. The zero-order valence-electron chi connectivity index (χ0n) is 11.0. The van der Waals surface area contributed by atoms with Crippen molar-refractivity contribution in [2.45, 2.75) is 25.9 Å².